The lowest BCUT2D eigenvalue weighted by atomic mass is 10.0. The molecular formula is C21H28N4O2S. The Labute approximate surface area is 170 Å². The predicted molar refractivity (Wildman–Crippen MR) is 111 cm³/mol. The van der Waals surface area contributed by atoms with Gasteiger partial charge in [-0.1, -0.05) is 31.7 Å². The Kier molecular flexibility index (Phi) is 6.22. The smallest absolute Gasteiger partial charge is 0.222 e. The molecular weight excluding hydrogens is 372 g/mol. The molecule has 0 spiro atoms. The molecule has 150 valence electrons. The van der Waals surface area contributed by atoms with Crippen molar-refractivity contribution >= 4 is 28.2 Å². The van der Waals surface area contributed by atoms with Gasteiger partial charge in [0.25, 0.3) is 0 Å². The van der Waals surface area contributed by atoms with E-state index in [1.54, 1.807) is 11.3 Å². The number of hydrogen-bond acceptors (Lipinski definition) is 6. The first-order chi connectivity index (χ1) is 13.7. The first-order valence-electron chi connectivity index (χ1n) is 10.2. The zero-order valence-electron chi connectivity index (χ0n) is 16.4. The van der Waals surface area contributed by atoms with Crippen LogP contribution in [0.5, 0.6) is 0 Å². The highest BCUT2D eigenvalue weighted by Crippen LogP contribution is 2.29. The van der Waals surface area contributed by atoms with Gasteiger partial charge in [0.2, 0.25) is 5.91 Å². The van der Waals surface area contributed by atoms with Crippen LogP contribution in [-0.4, -0.2) is 40.5 Å². The van der Waals surface area contributed by atoms with E-state index in [0.717, 1.165) is 34.7 Å². The van der Waals surface area contributed by atoms with Crippen molar-refractivity contribution in [3.63, 3.8) is 0 Å². The maximum absolute atomic E-state index is 12.7. The number of ether oxygens (including phenoxy) is 1. The van der Waals surface area contributed by atoms with Crippen molar-refractivity contribution in [1.82, 2.24) is 14.9 Å². The monoisotopic (exact) mass is 400 g/mol. The minimum atomic E-state index is -0.177. The summed E-state index contributed by atoms with van der Waals surface area (Å²) < 4.78 is 5.93. The van der Waals surface area contributed by atoms with Crippen LogP contribution in [0.15, 0.2) is 23.6 Å². The Morgan fingerprint density at radius 1 is 1.32 bits per heavy atom. The molecule has 2 fully saturated rings. The number of carbonyl (C=O) groups is 1. The molecule has 3 heterocycles. The van der Waals surface area contributed by atoms with Gasteiger partial charge in [-0.15, -0.1) is 11.3 Å². The van der Waals surface area contributed by atoms with Gasteiger partial charge < -0.3 is 15.0 Å². The van der Waals surface area contributed by atoms with Crippen molar-refractivity contribution in [3.05, 3.63) is 35.0 Å². The van der Waals surface area contributed by atoms with Crippen LogP contribution in [0.2, 0.25) is 0 Å². The molecule has 2 aliphatic rings. The van der Waals surface area contributed by atoms with Crippen LogP contribution in [0.3, 0.4) is 0 Å². The standard InChI is InChI=1S/C21H28N4O2S/c1-15-14-28-21(22-15)24-19-8-4-7-17(23-19)18-13-25(11-12-27-18)20(26)10-9-16-5-2-3-6-16/h4,7-8,14,16,18H,2-3,5-6,9-13H2,1H3,(H,22,23,24)/t18-/m1/s1. The number of aryl methyl sites for hydroxylation is 1. The topological polar surface area (TPSA) is 67.4 Å². The average Bonchev–Trinajstić information content (AvgIpc) is 3.38. The molecule has 0 unspecified atom stereocenters. The maximum atomic E-state index is 12.7. The summed E-state index contributed by atoms with van der Waals surface area (Å²) in [4.78, 5) is 23.7. The van der Waals surface area contributed by atoms with Gasteiger partial charge in [-0.3, -0.25) is 4.79 Å². The second-order valence-corrected chi connectivity index (χ2v) is 8.61. The van der Waals surface area contributed by atoms with Crippen LogP contribution in [0.25, 0.3) is 0 Å². The van der Waals surface area contributed by atoms with E-state index in [2.05, 4.69) is 10.3 Å². The first kappa shape index (κ1) is 19.3. The van der Waals surface area contributed by atoms with Crippen LogP contribution in [0, 0.1) is 12.8 Å². The summed E-state index contributed by atoms with van der Waals surface area (Å²) in [6.07, 6.45) is 6.76. The Hall–Kier alpha value is -1.99. The van der Waals surface area contributed by atoms with E-state index < -0.39 is 0 Å². The molecule has 1 aliphatic heterocycles. The third-order valence-electron chi connectivity index (χ3n) is 5.61. The van der Waals surface area contributed by atoms with Crippen LogP contribution in [0.1, 0.15) is 56.0 Å². The van der Waals surface area contributed by atoms with Gasteiger partial charge >= 0.3 is 0 Å². The summed E-state index contributed by atoms with van der Waals surface area (Å²) in [5.74, 6) is 1.76. The highest BCUT2D eigenvalue weighted by atomic mass is 32.1. The molecule has 1 saturated carbocycles. The summed E-state index contributed by atoms with van der Waals surface area (Å²) in [6, 6.07) is 5.86. The first-order valence-corrected chi connectivity index (χ1v) is 11.1. The maximum Gasteiger partial charge on any atom is 0.222 e. The summed E-state index contributed by atoms with van der Waals surface area (Å²) >= 11 is 1.56. The third-order valence-corrected chi connectivity index (χ3v) is 6.49. The lowest BCUT2D eigenvalue weighted by Crippen LogP contribution is -2.42. The van der Waals surface area contributed by atoms with Crippen LogP contribution >= 0.6 is 11.3 Å². The molecule has 7 heteroatoms. The van der Waals surface area contributed by atoms with E-state index in [0.29, 0.717) is 26.1 Å². The number of amides is 1. The van der Waals surface area contributed by atoms with E-state index in [-0.39, 0.29) is 12.0 Å². The van der Waals surface area contributed by atoms with Crippen molar-refractivity contribution in [1.29, 1.82) is 0 Å². The van der Waals surface area contributed by atoms with Gasteiger partial charge in [0.05, 0.1) is 24.5 Å². The lowest BCUT2D eigenvalue weighted by Gasteiger charge is -2.33. The summed E-state index contributed by atoms with van der Waals surface area (Å²) in [5, 5.41) is 6.08. The van der Waals surface area contributed by atoms with Crippen LogP contribution < -0.4 is 5.32 Å². The number of anilines is 2. The van der Waals surface area contributed by atoms with E-state index in [1.807, 2.05) is 35.4 Å². The van der Waals surface area contributed by atoms with E-state index in [4.69, 9.17) is 9.72 Å². The third kappa shape index (κ3) is 4.89. The summed E-state index contributed by atoms with van der Waals surface area (Å²) in [5.41, 5.74) is 1.84. The Morgan fingerprint density at radius 3 is 2.96 bits per heavy atom. The number of rotatable bonds is 6. The molecule has 1 aliphatic carbocycles. The highest BCUT2D eigenvalue weighted by Gasteiger charge is 2.27. The zero-order chi connectivity index (χ0) is 19.3. The Bertz CT molecular complexity index is 803. The van der Waals surface area contributed by atoms with Crippen molar-refractivity contribution in [2.45, 2.75) is 51.6 Å². The number of nitrogens with zero attached hydrogens (tertiary/aromatic N) is 3. The highest BCUT2D eigenvalue weighted by molar-refractivity contribution is 7.13. The van der Waals surface area contributed by atoms with E-state index in [1.165, 1.54) is 25.7 Å². The van der Waals surface area contributed by atoms with Gasteiger partial charge in [-0.25, -0.2) is 9.97 Å². The van der Waals surface area contributed by atoms with E-state index in [9.17, 15) is 4.79 Å². The second kappa shape index (κ2) is 9.01. The van der Waals surface area contributed by atoms with Gasteiger partial charge in [-0.05, 0) is 31.4 Å². The fourth-order valence-corrected chi connectivity index (χ4v) is 4.76. The molecule has 1 N–H and O–H groups in total. The normalized spacial score (nSPS) is 20.5. The largest absolute Gasteiger partial charge is 0.368 e. The molecule has 1 amide bonds. The van der Waals surface area contributed by atoms with Gasteiger partial charge in [0.15, 0.2) is 5.13 Å². The molecule has 0 aromatic carbocycles. The molecule has 1 atom stereocenters. The molecule has 6 nitrogen and oxygen atoms in total. The number of aromatic nitrogens is 2. The molecule has 0 radical (unpaired) electrons. The predicted octanol–water partition coefficient (Wildman–Crippen LogP) is 4.46. The van der Waals surface area contributed by atoms with Crippen molar-refractivity contribution < 1.29 is 9.53 Å². The van der Waals surface area contributed by atoms with Crippen molar-refractivity contribution in [2.24, 2.45) is 5.92 Å². The number of hydrogen-bond donors (Lipinski definition) is 1. The molecule has 2 aromatic heterocycles. The minimum Gasteiger partial charge on any atom is -0.368 e. The van der Waals surface area contributed by atoms with Gasteiger partial charge in [0.1, 0.15) is 11.9 Å². The number of pyridine rings is 1. The number of nitrogens with one attached hydrogen (secondary N) is 1. The van der Waals surface area contributed by atoms with Gasteiger partial charge in [0, 0.05) is 18.3 Å². The zero-order valence-corrected chi connectivity index (χ0v) is 17.2. The Balaban J connectivity index is 1.35. The van der Waals surface area contributed by atoms with Crippen molar-refractivity contribution in [3.8, 4) is 0 Å². The van der Waals surface area contributed by atoms with Crippen LogP contribution in [0.4, 0.5) is 10.9 Å². The Morgan fingerprint density at radius 2 is 2.18 bits per heavy atom. The van der Waals surface area contributed by atoms with Crippen molar-refractivity contribution in [2.75, 3.05) is 25.0 Å². The molecule has 4 rings (SSSR count). The molecule has 2 aromatic rings. The summed E-state index contributed by atoms with van der Waals surface area (Å²) in [6.45, 7) is 3.79. The number of thiazole rings is 1. The quantitative estimate of drug-likeness (QED) is 0.775. The SMILES string of the molecule is Cc1csc(Nc2cccc([C@H]3CN(C(=O)CCC4CCCC4)CCO3)n2)n1. The minimum absolute atomic E-state index is 0.177. The van der Waals surface area contributed by atoms with Crippen LogP contribution in [-0.2, 0) is 9.53 Å². The fraction of sp³-hybridized carbons (Fsp3) is 0.571. The molecule has 1 saturated heterocycles. The fourth-order valence-electron chi connectivity index (χ4n) is 4.06. The van der Waals surface area contributed by atoms with E-state index >= 15 is 0 Å². The number of carbonyl (C=O) groups excluding carboxylic acids is 1. The summed E-state index contributed by atoms with van der Waals surface area (Å²) in [7, 11) is 0. The lowest BCUT2D eigenvalue weighted by molar-refractivity contribution is -0.139. The molecule has 28 heavy (non-hydrogen) atoms. The van der Waals surface area contributed by atoms with Gasteiger partial charge in [-0.2, -0.15) is 0 Å². The average molecular weight is 401 g/mol. The molecule has 0 bridgehead atoms. The number of morpholine rings is 1. The second-order valence-electron chi connectivity index (χ2n) is 7.76.